The Morgan fingerprint density at radius 3 is 2.70 bits per heavy atom. The summed E-state index contributed by atoms with van der Waals surface area (Å²) in [4.78, 5) is 1.27. The minimum Gasteiger partial charge on any atom is -0.383 e. The molecule has 116 valence electrons. The molecule has 0 aliphatic rings. The number of thiophene rings is 1. The average molecular weight is 320 g/mol. The number of methoxy groups -OCH3 is 1. The van der Waals surface area contributed by atoms with E-state index < -0.39 is 10.0 Å². The van der Waals surface area contributed by atoms with E-state index in [0.29, 0.717) is 24.6 Å². The first kappa shape index (κ1) is 17.6. The second kappa shape index (κ2) is 8.09. The van der Waals surface area contributed by atoms with Crippen molar-refractivity contribution in [2.75, 3.05) is 26.8 Å². The van der Waals surface area contributed by atoms with Crippen molar-refractivity contribution < 1.29 is 13.2 Å². The van der Waals surface area contributed by atoms with Crippen LogP contribution in [-0.2, 0) is 21.3 Å². The van der Waals surface area contributed by atoms with Crippen molar-refractivity contribution in [1.29, 1.82) is 0 Å². The van der Waals surface area contributed by atoms with E-state index in [9.17, 15) is 8.42 Å². The smallest absolute Gasteiger partial charge is 0.244 e. The Kier molecular flexibility index (Phi) is 7.11. The molecular formula is C13H24N2O3S2. The van der Waals surface area contributed by atoms with E-state index in [1.165, 1.54) is 15.6 Å². The lowest BCUT2D eigenvalue weighted by atomic mass is 10.4. The third-order valence-electron chi connectivity index (χ3n) is 3.04. The van der Waals surface area contributed by atoms with Gasteiger partial charge in [-0.05, 0) is 24.9 Å². The zero-order valence-electron chi connectivity index (χ0n) is 12.5. The summed E-state index contributed by atoms with van der Waals surface area (Å²) in [6.07, 6.45) is 0. The molecule has 20 heavy (non-hydrogen) atoms. The predicted octanol–water partition coefficient (Wildman–Crippen LogP) is 1.90. The van der Waals surface area contributed by atoms with E-state index >= 15 is 0 Å². The molecule has 1 unspecified atom stereocenters. The van der Waals surface area contributed by atoms with Gasteiger partial charge in [0.05, 0.1) is 11.5 Å². The molecule has 0 spiro atoms. The molecule has 0 aliphatic carbocycles. The first-order valence-electron chi connectivity index (χ1n) is 6.76. The molecule has 5 nitrogen and oxygen atoms in total. The van der Waals surface area contributed by atoms with Crippen LogP contribution in [0.2, 0.25) is 0 Å². The van der Waals surface area contributed by atoms with Crippen LogP contribution in [0.1, 0.15) is 25.6 Å². The summed E-state index contributed by atoms with van der Waals surface area (Å²) in [6, 6.07) is 1.51. The van der Waals surface area contributed by atoms with Crippen LogP contribution in [0.15, 0.2) is 16.3 Å². The highest BCUT2D eigenvalue weighted by atomic mass is 32.2. The number of ether oxygens (including phenoxy) is 1. The van der Waals surface area contributed by atoms with Gasteiger partial charge in [-0.25, -0.2) is 8.42 Å². The molecule has 1 aromatic rings. The molecule has 7 heteroatoms. The number of hydrogen-bond donors (Lipinski definition) is 1. The topological polar surface area (TPSA) is 58.6 Å². The van der Waals surface area contributed by atoms with E-state index in [-0.39, 0.29) is 6.04 Å². The van der Waals surface area contributed by atoms with Crippen LogP contribution in [0.3, 0.4) is 0 Å². The minimum absolute atomic E-state index is 0.179. The molecule has 0 aliphatic heterocycles. The van der Waals surface area contributed by atoms with Gasteiger partial charge in [0.2, 0.25) is 10.0 Å². The average Bonchev–Trinajstić information content (AvgIpc) is 2.86. The van der Waals surface area contributed by atoms with Gasteiger partial charge in [0, 0.05) is 31.1 Å². The second-order valence-electron chi connectivity index (χ2n) is 4.50. The van der Waals surface area contributed by atoms with Crippen LogP contribution in [0, 0.1) is 0 Å². The lowest BCUT2D eigenvalue weighted by molar-refractivity contribution is 0.142. The number of nitrogens with one attached hydrogen (secondary N) is 1. The minimum atomic E-state index is -3.47. The van der Waals surface area contributed by atoms with Crippen molar-refractivity contribution >= 4 is 21.4 Å². The predicted molar refractivity (Wildman–Crippen MR) is 82.6 cm³/mol. The number of likely N-dealkylation sites (N-methyl/N-ethyl adjacent to an activating group) is 1. The van der Waals surface area contributed by atoms with E-state index in [4.69, 9.17) is 4.74 Å². The lowest BCUT2D eigenvalue weighted by Gasteiger charge is -2.26. The Bertz CT molecular complexity index is 499. The monoisotopic (exact) mass is 320 g/mol. The van der Waals surface area contributed by atoms with Crippen molar-refractivity contribution in [3.63, 3.8) is 0 Å². The molecule has 1 aromatic heterocycles. The maximum absolute atomic E-state index is 12.8. The SMILES string of the molecule is CCNCc1sccc1S(=O)(=O)N(CC)C(C)COC. The van der Waals surface area contributed by atoms with Crippen LogP contribution < -0.4 is 5.32 Å². The first-order chi connectivity index (χ1) is 9.48. The Labute approximate surface area is 126 Å². The molecule has 1 N–H and O–H groups in total. The fourth-order valence-electron chi connectivity index (χ4n) is 2.10. The van der Waals surface area contributed by atoms with Crippen molar-refractivity contribution in [3.05, 3.63) is 16.3 Å². The third-order valence-corrected chi connectivity index (χ3v) is 6.26. The van der Waals surface area contributed by atoms with E-state index in [1.54, 1.807) is 13.2 Å². The standard InChI is InChI=1S/C13H24N2O3S2/c1-5-14-9-12-13(7-8-19-12)20(16,17)15(6-2)11(3)10-18-4/h7-8,11,14H,5-6,9-10H2,1-4H3. The zero-order valence-corrected chi connectivity index (χ0v) is 14.2. The molecule has 1 atom stereocenters. The molecular weight excluding hydrogens is 296 g/mol. The van der Waals surface area contributed by atoms with Gasteiger partial charge in [0.1, 0.15) is 0 Å². The molecule has 1 heterocycles. The molecule has 0 aromatic carbocycles. The van der Waals surface area contributed by atoms with Gasteiger partial charge in [-0.2, -0.15) is 4.31 Å². The number of nitrogens with zero attached hydrogens (tertiary/aromatic N) is 1. The normalized spacial score (nSPS) is 13.8. The van der Waals surface area contributed by atoms with Crippen LogP contribution in [0.25, 0.3) is 0 Å². The van der Waals surface area contributed by atoms with Crippen molar-refractivity contribution in [1.82, 2.24) is 9.62 Å². The van der Waals surface area contributed by atoms with Gasteiger partial charge in [-0.1, -0.05) is 13.8 Å². The quantitative estimate of drug-likeness (QED) is 0.755. The summed E-state index contributed by atoms with van der Waals surface area (Å²) in [7, 11) is -1.89. The largest absolute Gasteiger partial charge is 0.383 e. The van der Waals surface area contributed by atoms with Gasteiger partial charge in [0.15, 0.2) is 0 Å². The summed E-state index contributed by atoms with van der Waals surface area (Å²) < 4.78 is 32.1. The molecule has 0 amide bonds. The lowest BCUT2D eigenvalue weighted by Crippen LogP contribution is -2.41. The van der Waals surface area contributed by atoms with Crippen molar-refractivity contribution in [2.24, 2.45) is 0 Å². The van der Waals surface area contributed by atoms with E-state index in [2.05, 4.69) is 5.32 Å². The maximum atomic E-state index is 12.8. The summed E-state index contributed by atoms with van der Waals surface area (Å²) >= 11 is 1.47. The van der Waals surface area contributed by atoms with Gasteiger partial charge >= 0.3 is 0 Å². The number of sulfonamides is 1. The van der Waals surface area contributed by atoms with E-state index in [1.807, 2.05) is 26.2 Å². The number of rotatable bonds is 9. The van der Waals surface area contributed by atoms with E-state index in [0.717, 1.165) is 11.4 Å². The molecule has 1 rings (SSSR count). The highest BCUT2D eigenvalue weighted by molar-refractivity contribution is 7.89. The van der Waals surface area contributed by atoms with Crippen LogP contribution >= 0.6 is 11.3 Å². The Morgan fingerprint density at radius 1 is 1.45 bits per heavy atom. The van der Waals surface area contributed by atoms with Crippen molar-refractivity contribution in [3.8, 4) is 0 Å². The summed E-state index contributed by atoms with van der Waals surface area (Å²) in [5.41, 5.74) is 0. The van der Waals surface area contributed by atoms with Gasteiger partial charge in [-0.15, -0.1) is 11.3 Å². The van der Waals surface area contributed by atoms with Crippen LogP contribution in [0.5, 0.6) is 0 Å². The summed E-state index contributed by atoms with van der Waals surface area (Å²) in [6.45, 7) is 7.93. The Morgan fingerprint density at radius 2 is 2.15 bits per heavy atom. The highest BCUT2D eigenvalue weighted by Crippen LogP contribution is 2.26. The first-order valence-corrected chi connectivity index (χ1v) is 9.08. The summed E-state index contributed by atoms with van der Waals surface area (Å²) in [5, 5.41) is 5.01. The molecule has 0 radical (unpaired) electrons. The van der Waals surface area contributed by atoms with Crippen LogP contribution in [-0.4, -0.2) is 45.6 Å². The van der Waals surface area contributed by atoms with Crippen molar-refractivity contribution in [2.45, 2.75) is 38.3 Å². The molecule has 0 saturated carbocycles. The third kappa shape index (κ3) is 4.02. The summed E-state index contributed by atoms with van der Waals surface area (Å²) in [5.74, 6) is 0. The fourth-order valence-corrected chi connectivity index (χ4v) is 5.11. The fraction of sp³-hybridized carbons (Fsp3) is 0.692. The Balaban J connectivity index is 3.05. The Hall–Kier alpha value is -0.470. The number of hydrogen-bond acceptors (Lipinski definition) is 5. The second-order valence-corrected chi connectivity index (χ2v) is 7.36. The zero-order chi connectivity index (χ0) is 15.2. The van der Waals surface area contributed by atoms with Crippen LogP contribution in [0.4, 0.5) is 0 Å². The van der Waals surface area contributed by atoms with Gasteiger partial charge in [-0.3, -0.25) is 0 Å². The highest BCUT2D eigenvalue weighted by Gasteiger charge is 2.30. The molecule has 0 saturated heterocycles. The van der Waals surface area contributed by atoms with Gasteiger partial charge < -0.3 is 10.1 Å². The maximum Gasteiger partial charge on any atom is 0.244 e. The molecule has 0 fully saturated rings. The molecule has 0 bridgehead atoms. The van der Waals surface area contributed by atoms with Gasteiger partial charge in [0.25, 0.3) is 0 Å².